The molecule has 0 fully saturated rings. The van der Waals surface area contributed by atoms with E-state index in [-0.39, 0.29) is 11.3 Å². The van der Waals surface area contributed by atoms with E-state index >= 15 is 0 Å². The van der Waals surface area contributed by atoms with Crippen LogP contribution >= 0.6 is 0 Å². The van der Waals surface area contributed by atoms with E-state index in [0.717, 1.165) is 6.08 Å². The summed E-state index contributed by atoms with van der Waals surface area (Å²) in [5.74, 6) is -1.39. The molecule has 0 saturated heterocycles. The second kappa shape index (κ2) is 6.02. The Kier molecular flexibility index (Phi) is 4.42. The molecule has 0 saturated carbocycles. The van der Waals surface area contributed by atoms with Crippen molar-refractivity contribution >= 4 is 17.7 Å². The molecule has 0 amide bonds. The van der Waals surface area contributed by atoms with Gasteiger partial charge in [0.15, 0.2) is 0 Å². The number of nitrogens with zero attached hydrogens (tertiary/aromatic N) is 4. The molecular weight excluding hydrogens is 240 g/mol. The van der Waals surface area contributed by atoms with Gasteiger partial charge in [0, 0.05) is 15.5 Å². The first kappa shape index (κ1) is 13.2. The second-order valence-corrected chi connectivity index (χ2v) is 3.21. The zero-order chi connectivity index (χ0) is 13.5. The molecule has 0 aliphatic heterocycles. The molecule has 18 heavy (non-hydrogen) atoms. The Morgan fingerprint density at radius 1 is 1.56 bits per heavy atom. The maximum Gasteiger partial charge on any atom is 0.338 e. The summed E-state index contributed by atoms with van der Waals surface area (Å²) < 4.78 is 0. The van der Waals surface area contributed by atoms with Gasteiger partial charge < -0.3 is 5.11 Å². The van der Waals surface area contributed by atoms with Gasteiger partial charge in [-0.3, -0.25) is 10.1 Å². The topological polar surface area (TPSA) is 129 Å². The molecule has 0 atom stereocenters. The number of hydrogen-bond acceptors (Lipinski definition) is 4. The van der Waals surface area contributed by atoms with Crippen LogP contribution in [-0.2, 0) is 4.79 Å². The van der Waals surface area contributed by atoms with Crippen LogP contribution in [0.1, 0.15) is 5.56 Å². The molecule has 0 heterocycles. The number of carboxylic acids is 1. The Morgan fingerprint density at radius 2 is 2.22 bits per heavy atom. The van der Waals surface area contributed by atoms with Gasteiger partial charge in [-0.25, -0.2) is 4.79 Å². The number of hydrogen-bond donors (Lipinski definition) is 1. The molecule has 1 N–H and O–H groups in total. The van der Waals surface area contributed by atoms with Crippen molar-refractivity contribution in [3.05, 3.63) is 56.0 Å². The van der Waals surface area contributed by atoms with Crippen LogP contribution in [0, 0.1) is 10.1 Å². The lowest BCUT2D eigenvalue weighted by Gasteiger charge is -2.01. The van der Waals surface area contributed by atoms with Gasteiger partial charge in [-0.1, -0.05) is 29.4 Å². The van der Waals surface area contributed by atoms with Crippen LogP contribution in [0.25, 0.3) is 16.5 Å². The highest BCUT2D eigenvalue weighted by molar-refractivity contribution is 5.93. The van der Waals surface area contributed by atoms with Crippen molar-refractivity contribution in [1.29, 1.82) is 0 Å². The van der Waals surface area contributed by atoms with E-state index in [4.69, 9.17) is 10.6 Å². The Bertz CT molecular complexity index is 561. The number of aliphatic carboxylic acids is 1. The minimum absolute atomic E-state index is 0.210. The van der Waals surface area contributed by atoms with Gasteiger partial charge in [-0.2, -0.15) is 0 Å². The maximum absolute atomic E-state index is 10.8. The average Bonchev–Trinajstić information content (AvgIpc) is 2.30. The van der Waals surface area contributed by atoms with Gasteiger partial charge in [-0.15, -0.1) is 0 Å². The summed E-state index contributed by atoms with van der Waals surface area (Å²) in [5.41, 5.74) is 8.48. The molecular formula is C10H8N4O4. The fourth-order valence-corrected chi connectivity index (χ4v) is 1.25. The van der Waals surface area contributed by atoms with Gasteiger partial charge >= 0.3 is 5.97 Å². The first-order valence-corrected chi connectivity index (χ1v) is 4.74. The zero-order valence-electron chi connectivity index (χ0n) is 9.05. The Labute approximate surface area is 101 Å². The maximum atomic E-state index is 10.8. The molecule has 8 heteroatoms. The van der Waals surface area contributed by atoms with Gasteiger partial charge in [-0.05, 0) is 17.2 Å². The predicted octanol–water partition coefficient (Wildman–Crippen LogP) is 2.37. The SMILES string of the molecule is [N-]=[N+]=Nc1ccccc1C=C(C[N+](=O)[O-])C(=O)O. The third-order valence-corrected chi connectivity index (χ3v) is 1.99. The minimum Gasteiger partial charge on any atom is -0.478 e. The number of carboxylic acid groups (broad SMARTS) is 1. The number of rotatable bonds is 5. The molecule has 0 spiro atoms. The third kappa shape index (κ3) is 3.62. The van der Waals surface area contributed by atoms with Crippen molar-refractivity contribution in [3.8, 4) is 0 Å². The van der Waals surface area contributed by atoms with Gasteiger partial charge in [0.25, 0.3) is 0 Å². The Hall–Kier alpha value is -2.86. The molecule has 1 aromatic rings. The molecule has 1 rings (SSSR count). The summed E-state index contributed by atoms with van der Waals surface area (Å²) in [6.45, 7) is -0.806. The summed E-state index contributed by atoms with van der Waals surface area (Å²) in [7, 11) is 0. The van der Waals surface area contributed by atoms with Crippen LogP contribution in [0.4, 0.5) is 5.69 Å². The number of azide groups is 1. The molecule has 0 aromatic heterocycles. The third-order valence-electron chi connectivity index (χ3n) is 1.99. The van der Waals surface area contributed by atoms with Crippen molar-refractivity contribution in [3.63, 3.8) is 0 Å². The Morgan fingerprint density at radius 3 is 2.78 bits per heavy atom. The molecule has 0 bridgehead atoms. The van der Waals surface area contributed by atoms with E-state index in [0.29, 0.717) is 5.56 Å². The summed E-state index contributed by atoms with van der Waals surface area (Å²) in [5, 5.41) is 22.5. The number of benzene rings is 1. The molecule has 92 valence electrons. The van der Waals surface area contributed by atoms with Gasteiger partial charge in [0.2, 0.25) is 6.54 Å². The van der Waals surface area contributed by atoms with Crippen molar-refractivity contribution in [2.45, 2.75) is 0 Å². The van der Waals surface area contributed by atoms with Crippen LogP contribution in [0.5, 0.6) is 0 Å². The lowest BCUT2D eigenvalue weighted by molar-refractivity contribution is -0.470. The first-order chi connectivity index (χ1) is 8.54. The highest BCUT2D eigenvalue weighted by atomic mass is 16.6. The molecule has 1 aromatic carbocycles. The molecule has 0 aliphatic rings. The van der Waals surface area contributed by atoms with E-state index in [1.54, 1.807) is 12.1 Å². The van der Waals surface area contributed by atoms with Crippen LogP contribution in [0.3, 0.4) is 0 Å². The summed E-state index contributed by atoms with van der Waals surface area (Å²) in [6, 6.07) is 6.20. The first-order valence-electron chi connectivity index (χ1n) is 4.74. The summed E-state index contributed by atoms with van der Waals surface area (Å²) in [6.07, 6.45) is 1.12. The largest absolute Gasteiger partial charge is 0.478 e. The summed E-state index contributed by atoms with van der Waals surface area (Å²) in [4.78, 5) is 23.0. The zero-order valence-corrected chi connectivity index (χ0v) is 9.05. The highest BCUT2D eigenvalue weighted by Crippen LogP contribution is 2.21. The monoisotopic (exact) mass is 248 g/mol. The molecule has 0 unspecified atom stereocenters. The minimum atomic E-state index is -1.39. The quantitative estimate of drug-likeness (QED) is 0.214. The van der Waals surface area contributed by atoms with E-state index < -0.39 is 17.4 Å². The van der Waals surface area contributed by atoms with Gasteiger partial charge in [0.05, 0.1) is 0 Å². The standard InChI is InChI=1S/C10H8N4O4/c11-13-12-9-4-2-1-3-7(9)5-8(10(15)16)6-14(17)18/h1-5H,6H2,(H,15,16). The molecule has 8 nitrogen and oxygen atoms in total. The summed E-state index contributed by atoms with van der Waals surface area (Å²) >= 11 is 0. The van der Waals surface area contributed by atoms with Crippen LogP contribution in [-0.4, -0.2) is 22.5 Å². The van der Waals surface area contributed by atoms with Crippen LogP contribution in [0.15, 0.2) is 35.0 Å². The fourth-order valence-electron chi connectivity index (χ4n) is 1.25. The Balaban J connectivity index is 3.23. The fraction of sp³-hybridized carbons (Fsp3) is 0.100. The van der Waals surface area contributed by atoms with Crippen molar-refractivity contribution in [2.75, 3.05) is 6.54 Å². The van der Waals surface area contributed by atoms with E-state index in [9.17, 15) is 14.9 Å². The highest BCUT2D eigenvalue weighted by Gasteiger charge is 2.14. The predicted molar refractivity (Wildman–Crippen MR) is 62.7 cm³/mol. The number of carbonyl (C=O) groups is 1. The normalized spacial score (nSPS) is 10.6. The van der Waals surface area contributed by atoms with Crippen molar-refractivity contribution in [2.24, 2.45) is 5.11 Å². The molecule has 0 radical (unpaired) electrons. The van der Waals surface area contributed by atoms with Gasteiger partial charge in [0.1, 0.15) is 5.57 Å². The van der Waals surface area contributed by atoms with Crippen molar-refractivity contribution in [1.82, 2.24) is 0 Å². The van der Waals surface area contributed by atoms with E-state index in [2.05, 4.69) is 10.0 Å². The van der Waals surface area contributed by atoms with Crippen LogP contribution < -0.4 is 0 Å². The van der Waals surface area contributed by atoms with E-state index in [1.807, 2.05) is 0 Å². The average molecular weight is 248 g/mol. The smallest absolute Gasteiger partial charge is 0.338 e. The molecule has 0 aliphatic carbocycles. The van der Waals surface area contributed by atoms with Crippen molar-refractivity contribution < 1.29 is 14.8 Å². The lowest BCUT2D eigenvalue weighted by atomic mass is 10.1. The second-order valence-electron chi connectivity index (χ2n) is 3.21. The lowest BCUT2D eigenvalue weighted by Crippen LogP contribution is -2.12. The van der Waals surface area contributed by atoms with Crippen LogP contribution in [0.2, 0.25) is 0 Å². The number of nitro groups is 1. The van der Waals surface area contributed by atoms with E-state index in [1.165, 1.54) is 12.1 Å².